The van der Waals surface area contributed by atoms with E-state index in [9.17, 15) is 13.2 Å². The number of carbonyl (C=O) groups is 1. The van der Waals surface area contributed by atoms with Crippen LogP contribution < -0.4 is 5.32 Å². The Labute approximate surface area is 163 Å². The number of piperidine rings is 1. The van der Waals surface area contributed by atoms with Crippen molar-refractivity contribution in [1.29, 1.82) is 0 Å². The molecule has 1 aliphatic rings. The van der Waals surface area contributed by atoms with E-state index in [4.69, 9.17) is 0 Å². The maximum Gasteiger partial charge on any atom is 0.243 e. The summed E-state index contributed by atoms with van der Waals surface area (Å²) in [6, 6.07) is 5.40. The molecule has 6 nitrogen and oxygen atoms in total. The van der Waals surface area contributed by atoms with E-state index in [-0.39, 0.29) is 24.2 Å². The zero-order valence-corrected chi connectivity index (χ0v) is 17.6. The van der Waals surface area contributed by atoms with E-state index in [0.717, 1.165) is 17.7 Å². The van der Waals surface area contributed by atoms with Gasteiger partial charge in [0.25, 0.3) is 0 Å². The van der Waals surface area contributed by atoms with E-state index in [1.807, 2.05) is 33.0 Å². The quantitative estimate of drug-likeness (QED) is 0.786. The van der Waals surface area contributed by atoms with E-state index in [1.54, 1.807) is 18.0 Å². The summed E-state index contributed by atoms with van der Waals surface area (Å²) in [4.78, 5) is 14.6. The minimum Gasteiger partial charge on any atom is -0.344 e. The molecule has 0 saturated carbocycles. The molecule has 148 valence electrons. The number of sulfonamides is 1. The lowest BCUT2D eigenvalue weighted by atomic mass is 9.97. The van der Waals surface area contributed by atoms with E-state index in [1.165, 1.54) is 4.31 Å². The van der Waals surface area contributed by atoms with Crippen molar-refractivity contribution in [2.75, 3.05) is 40.3 Å². The van der Waals surface area contributed by atoms with Crippen LogP contribution in [-0.4, -0.2) is 63.8 Å². The first-order valence-corrected chi connectivity index (χ1v) is 10.2. The van der Waals surface area contributed by atoms with E-state index < -0.39 is 10.0 Å². The van der Waals surface area contributed by atoms with Crippen LogP contribution in [0.25, 0.3) is 0 Å². The van der Waals surface area contributed by atoms with Gasteiger partial charge in [0.15, 0.2) is 0 Å². The second-order valence-corrected chi connectivity index (χ2v) is 8.72. The number of likely N-dealkylation sites (N-methyl/N-ethyl adjacent to an activating group) is 2. The molecule has 26 heavy (non-hydrogen) atoms. The van der Waals surface area contributed by atoms with Crippen LogP contribution in [0.3, 0.4) is 0 Å². The fourth-order valence-corrected chi connectivity index (χ4v) is 4.95. The number of nitrogens with one attached hydrogen (secondary N) is 1. The van der Waals surface area contributed by atoms with Gasteiger partial charge in [-0.3, -0.25) is 4.79 Å². The fraction of sp³-hybridized carbons (Fsp3) is 0.611. The van der Waals surface area contributed by atoms with Crippen LogP contribution in [0.2, 0.25) is 0 Å². The summed E-state index contributed by atoms with van der Waals surface area (Å²) < 4.78 is 27.3. The maximum absolute atomic E-state index is 12.9. The summed E-state index contributed by atoms with van der Waals surface area (Å²) in [6.07, 6.45) is 1.15. The molecule has 0 unspecified atom stereocenters. The Kier molecular flexibility index (Phi) is 8.53. The van der Waals surface area contributed by atoms with Gasteiger partial charge in [0, 0.05) is 39.1 Å². The number of benzene rings is 1. The molecule has 1 aromatic carbocycles. The van der Waals surface area contributed by atoms with Crippen molar-refractivity contribution < 1.29 is 13.2 Å². The number of hydrogen-bond acceptors (Lipinski definition) is 4. The highest BCUT2D eigenvalue weighted by atomic mass is 35.5. The number of hydrogen-bond donors (Lipinski definition) is 1. The third-order valence-electron chi connectivity index (χ3n) is 4.82. The summed E-state index contributed by atoms with van der Waals surface area (Å²) in [6.45, 7) is 5.98. The van der Waals surface area contributed by atoms with Crippen molar-refractivity contribution in [3.63, 3.8) is 0 Å². The van der Waals surface area contributed by atoms with E-state index in [2.05, 4.69) is 5.32 Å². The summed E-state index contributed by atoms with van der Waals surface area (Å²) >= 11 is 0. The van der Waals surface area contributed by atoms with Gasteiger partial charge in [0.05, 0.1) is 4.90 Å². The summed E-state index contributed by atoms with van der Waals surface area (Å²) in [7, 11) is 0.165. The standard InChI is InChI=1S/C18H29N3O3S.ClH/c1-14-5-6-17(15(2)13-14)25(23,24)21-10-7-16(8-11-21)18(22)20(4)12-9-19-3;/h5-6,13,16,19H,7-12H2,1-4H3;1H. The topological polar surface area (TPSA) is 69.7 Å². The van der Waals surface area contributed by atoms with Crippen molar-refractivity contribution in [3.8, 4) is 0 Å². The second-order valence-electron chi connectivity index (χ2n) is 6.81. The number of rotatable bonds is 6. The highest BCUT2D eigenvalue weighted by Crippen LogP contribution is 2.26. The van der Waals surface area contributed by atoms with Crippen LogP contribution in [0.1, 0.15) is 24.0 Å². The van der Waals surface area contributed by atoms with Crippen molar-refractivity contribution in [3.05, 3.63) is 29.3 Å². The van der Waals surface area contributed by atoms with Crippen LogP contribution in [0.15, 0.2) is 23.1 Å². The first kappa shape index (κ1) is 22.9. The Morgan fingerprint density at radius 1 is 1.27 bits per heavy atom. The Morgan fingerprint density at radius 2 is 1.88 bits per heavy atom. The molecule has 1 saturated heterocycles. The molecule has 0 atom stereocenters. The predicted octanol–water partition coefficient (Wildman–Crippen LogP) is 1.80. The highest BCUT2D eigenvalue weighted by molar-refractivity contribution is 7.89. The van der Waals surface area contributed by atoms with Gasteiger partial charge in [-0.2, -0.15) is 4.31 Å². The molecule has 0 aliphatic carbocycles. The first-order chi connectivity index (χ1) is 11.8. The third-order valence-corrected chi connectivity index (χ3v) is 6.88. The largest absolute Gasteiger partial charge is 0.344 e. The minimum absolute atomic E-state index is 0. The highest BCUT2D eigenvalue weighted by Gasteiger charge is 2.33. The Balaban J connectivity index is 0.00000338. The Morgan fingerprint density at radius 3 is 2.42 bits per heavy atom. The SMILES string of the molecule is CNCCN(C)C(=O)C1CCN(S(=O)(=O)c2ccc(C)cc2C)CC1.Cl. The molecule has 0 aromatic heterocycles. The van der Waals surface area contributed by atoms with Crippen molar-refractivity contribution in [2.24, 2.45) is 5.92 Å². The molecule has 1 fully saturated rings. The zero-order chi connectivity index (χ0) is 18.6. The Hall–Kier alpha value is -1.15. The molecule has 1 amide bonds. The van der Waals surface area contributed by atoms with Crippen LogP contribution in [0, 0.1) is 19.8 Å². The number of aryl methyl sites for hydroxylation is 2. The Bertz CT molecular complexity index is 716. The van der Waals surface area contributed by atoms with Gasteiger partial charge < -0.3 is 10.2 Å². The smallest absolute Gasteiger partial charge is 0.243 e. The van der Waals surface area contributed by atoms with Gasteiger partial charge in [-0.15, -0.1) is 12.4 Å². The number of carbonyl (C=O) groups excluding carboxylic acids is 1. The average molecular weight is 404 g/mol. The molecule has 1 aromatic rings. The molecule has 1 N–H and O–H groups in total. The monoisotopic (exact) mass is 403 g/mol. The van der Waals surface area contributed by atoms with Gasteiger partial charge in [0.2, 0.25) is 15.9 Å². The minimum atomic E-state index is -3.49. The number of halogens is 1. The van der Waals surface area contributed by atoms with Crippen LogP contribution >= 0.6 is 12.4 Å². The molecule has 0 radical (unpaired) electrons. The molecule has 0 spiro atoms. The van der Waals surface area contributed by atoms with E-state index >= 15 is 0 Å². The zero-order valence-electron chi connectivity index (χ0n) is 16.0. The molecule has 8 heteroatoms. The molecule has 1 heterocycles. The molecular weight excluding hydrogens is 374 g/mol. The van der Waals surface area contributed by atoms with Gasteiger partial charge in [-0.05, 0) is 45.4 Å². The van der Waals surface area contributed by atoms with Crippen LogP contribution in [0.4, 0.5) is 0 Å². The van der Waals surface area contributed by atoms with Crippen molar-refractivity contribution in [1.82, 2.24) is 14.5 Å². The number of nitrogens with zero attached hydrogens (tertiary/aromatic N) is 2. The van der Waals surface area contributed by atoms with Crippen LogP contribution in [-0.2, 0) is 14.8 Å². The van der Waals surface area contributed by atoms with Gasteiger partial charge in [0.1, 0.15) is 0 Å². The van der Waals surface area contributed by atoms with Gasteiger partial charge in [-0.1, -0.05) is 17.7 Å². The summed E-state index contributed by atoms with van der Waals surface area (Å²) in [5.74, 6) is 0.0197. The van der Waals surface area contributed by atoms with Gasteiger partial charge >= 0.3 is 0 Å². The summed E-state index contributed by atoms with van der Waals surface area (Å²) in [5.41, 5.74) is 1.82. The fourth-order valence-electron chi connectivity index (χ4n) is 3.27. The number of amides is 1. The van der Waals surface area contributed by atoms with Crippen molar-refractivity contribution in [2.45, 2.75) is 31.6 Å². The van der Waals surface area contributed by atoms with Gasteiger partial charge in [-0.25, -0.2) is 8.42 Å². The summed E-state index contributed by atoms with van der Waals surface area (Å²) in [5, 5.41) is 3.03. The third kappa shape index (κ3) is 5.19. The molecule has 1 aliphatic heterocycles. The first-order valence-electron chi connectivity index (χ1n) is 8.74. The molecule has 2 rings (SSSR count). The average Bonchev–Trinajstić information content (AvgIpc) is 2.58. The lowest BCUT2D eigenvalue weighted by molar-refractivity contribution is -0.135. The maximum atomic E-state index is 12.9. The van der Waals surface area contributed by atoms with Crippen LogP contribution in [0.5, 0.6) is 0 Å². The lowest BCUT2D eigenvalue weighted by Gasteiger charge is -2.32. The normalized spacial score (nSPS) is 16.2. The van der Waals surface area contributed by atoms with E-state index in [0.29, 0.717) is 37.4 Å². The molecule has 0 bridgehead atoms. The lowest BCUT2D eigenvalue weighted by Crippen LogP contribution is -2.44. The second kappa shape index (κ2) is 9.69. The predicted molar refractivity (Wildman–Crippen MR) is 106 cm³/mol. The molecular formula is C18H30ClN3O3S. The van der Waals surface area contributed by atoms with Crippen molar-refractivity contribution >= 4 is 28.3 Å².